The molecule has 5 atom stereocenters. The van der Waals surface area contributed by atoms with Gasteiger partial charge < -0.3 is 30.0 Å². The Morgan fingerprint density at radius 2 is 2.08 bits per heavy atom. The Bertz CT molecular complexity index is 1330. The standard InChI is InChI=1S/C21H23N6O8P/c1-2-17(28)34-26-36(31,35-13-6-4-3-5-7-13)32-10-15-18(29)19(30)21(11-22,33-15)16-9-8-14-20(23)24-12-25-27(14)16/h3-9,12,15,18-19,29-30H,2,10H2,1H3,(H,26,31)(H2,23,24,25)/t15-,18-,19-,21+,36?/m1/s1. The molecule has 0 bridgehead atoms. The minimum absolute atomic E-state index is 0.0149. The number of aromatic nitrogens is 3. The third kappa shape index (κ3) is 4.76. The first-order valence-corrected chi connectivity index (χ1v) is 12.3. The number of para-hydroxylation sites is 1. The summed E-state index contributed by atoms with van der Waals surface area (Å²) in [5, 5.41) is 37.6. The Morgan fingerprint density at radius 3 is 2.78 bits per heavy atom. The molecule has 1 aromatic carbocycles. The summed E-state index contributed by atoms with van der Waals surface area (Å²) < 4.78 is 31.1. The quantitative estimate of drug-likeness (QED) is 0.229. The summed E-state index contributed by atoms with van der Waals surface area (Å²) in [5.41, 5.74) is 4.21. The predicted octanol–water partition coefficient (Wildman–Crippen LogP) is 0.812. The van der Waals surface area contributed by atoms with Gasteiger partial charge >= 0.3 is 13.7 Å². The number of ether oxygens (including phenoxy) is 1. The second kappa shape index (κ2) is 10.2. The maximum Gasteiger partial charge on any atom is 0.491 e. The molecule has 1 aliphatic heterocycles. The lowest BCUT2D eigenvalue weighted by molar-refractivity contribution is -0.147. The number of carbonyl (C=O) groups excluding carboxylic acids is 1. The normalized spacial score (nSPS) is 25.2. The van der Waals surface area contributed by atoms with Gasteiger partial charge in [0.2, 0.25) is 5.60 Å². The van der Waals surface area contributed by atoms with Crippen LogP contribution in [0, 0.1) is 11.3 Å². The van der Waals surface area contributed by atoms with E-state index in [0.29, 0.717) is 5.52 Å². The van der Waals surface area contributed by atoms with Crippen molar-refractivity contribution in [3.63, 3.8) is 0 Å². The van der Waals surface area contributed by atoms with E-state index in [1.54, 1.807) is 18.2 Å². The van der Waals surface area contributed by atoms with Gasteiger partial charge in [0.25, 0.3) is 0 Å². The lowest BCUT2D eigenvalue weighted by atomic mass is 9.92. The smallest absolute Gasteiger partial charge is 0.411 e. The van der Waals surface area contributed by atoms with E-state index in [9.17, 15) is 24.8 Å². The lowest BCUT2D eigenvalue weighted by Crippen LogP contribution is -2.41. The van der Waals surface area contributed by atoms with Crippen LogP contribution in [-0.2, 0) is 29.1 Å². The van der Waals surface area contributed by atoms with Crippen molar-refractivity contribution in [3.05, 3.63) is 54.5 Å². The largest absolute Gasteiger partial charge is 0.491 e. The summed E-state index contributed by atoms with van der Waals surface area (Å²) in [7, 11) is -4.35. The van der Waals surface area contributed by atoms with E-state index in [1.165, 1.54) is 35.7 Å². The number of aliphatic hydroxyl groups excluding tert-OH is 2. The van der Waals surface area contributed by atoms with E-state index in [1.807, 2.05) is 11.3 Å². The highest BCUT2D eigenvalue weighted by Crippen LogP contribution is 2.46. The molecule has 2 aromatic heterocycles. The van der Waals surface area contributed by atoms with Gasteiger partial charge in [-0.3, -0.25) is 9.32 Å². The number of benzene rings is 1. The van der Waals surface area contributed by atoms with Gasteiger partial charge in [0.05, 0.1) is 12.3 Å². The fourth-order valence-corrected chi connectivity index (χ4v) is 4.69. The van der Waals surface area contributed by atoms with Gasteiger partial charge in [0.15, 0.2) is 5.82 Å². The molecule has 15 heteroatoms. The number of aliphatic hydroxyl groups is 2. The summed E-state index contributed by atoms with van der Waals surface area (Å²) in [4.78, 5) is 20.2. The first-order chi connectivity index (χ1) is 17.2. The number of nitrogens with one attached hydrogen (secondary N) is 1. The summed E-state index contributed by atoms with van der Waals surface area (Å²) in [5.74, 6) is -0.464. The fraction of sp³-hybridized carbons (Fsp3) is 0.333. The van der Waals surface area contributed by atoms with Crippen LogP contribution in [0.4, 0.5) is 5.82 Å². The minimum Gasteiger partial charge on any atom is -0.411 e. The molecule has 0 saturated carbocycles. The van der Waals surface area contributed by atoms with Gasteiger partial charge in [0, 0.05) is 6.42 Å². The van der Waals surface area contributed by atoms with E-state index in [0.717, 1.165) is 6.33 Å². The molecule has 0 amide bonds. The Hall–Kier alpha value is -3.57. The zero-order valence-electron chi connectivity index (χ0n) is 18.9. The first-order valence-electron chi connectivity index (χ1n) is 10.7. The van der Waals surface area contributed by atoms with Crippen LogP contribution >= 0.6 is 7.75 Å². The molecular weight excluding hydrogens is 495 g/mol. The molecule has 1 aliphatic rings. The van der Waals surface area contributed by atoms with E-state index in [-0.39, 0.29) is 23.7 Å². The molecule has 3 aromatic rings. The molecule has 0 spiro atoms. The summed E-state index contributed by atoms with van der Waals surface area (Å²) in [6.07, 6.45) is -3.58. The number of hydrogen-bond donors (Lipinski definition) is 4. The van der Waals surface area contributed by atoms with Crippen molar-refractivity contribution in [2.75, 3.05) is 12.3 Å². The average Bonchev–Trinajstić information content (AvgIpc) is 3.43. The SMILES string of the molecule is CCC(=O)ONP(=O)(OC[C@H]1O[C@@](C#N)(c2ccc3c(N)ncnn23)[C@H](O)[C@@H]1O)Oc1ccccc1. The van der Waals surface area contributed by atoms with E-state index in [2.05, 4.69) is 10.1 Å². The summed E-state index contributed by atoms with van der Waals surface area (Å²) >= 11 is 0. The van der Waals surface area contributed by atoms with Crippen molar-refractivity contribution < 1.29 is 38.2 Å². The first kappa shape index (κ1) is 25.5. The zero-order valence-corrected chi connectivity index (χ0v) is 19.8. The van der Waals surface area contributed by atoms with Crippen molar-refractivity contribution in [2.24, 2.45) is 0 Å². The van der Waals surface area contributed by atoms with Crippen LogP contribution in [0.2, 0.25) is 0 Å². The van der Waals surface area contributed by atoms with Crippen molar-refractivity contribution in [2.45, 2.75) is 37.3 Å². The van der Waals surface area contributed by atoms with Gasteiger partial charge in [-0.15, -0.1) is 0 Å². The maximum absolute atomic E-state index is 13.3. The molecule has 5 N–H and O–H groups in total. The van der Waals surface area contributed by atoms with Gasteiger partial charge in [-0.05, 0) is 29.5 Å². The molecule has 36 heavy (non-hydrogen) atoms. The van der Waals surface area contributed by atoms with E-state index >= 15 is 0 Å². The van der Waals surface area contributed by atoms with E-state index in [4.69, 9.17) is 24.4 Å². The number of anilines is 1. The molecule has 0 aliphatic carbocycles. The summed E-state index contributed by atoms with van der Waals surface area (Å²) in [6.45, 7) is 0.909. The van der Waals surface area contributed by atoms with Gasteiger partial charge in [-0.2, -0.15) is 10.4 Å². The molecule has 1 unspecified atom stereocenters. The number of fused-ring (bicyclic) bond motifs is 1. The second-order valence-electron chi connectivity index (χ2n) is 7.72. The zero-order chi connectivity index (χ0) is 25.9. The maximum atomic E-state index is 13.3. The van der Waals surface area contributed by atoms with Crippen LogP contribution in [0.3, 0.4) is 0 Å². The van der Waals surface area contributed by atoms with Crippen LogP contribution in [0.15, 0.2) is 48.8 Å². The number of carbonyl (C=O) groups is 1. The topological polar surface area (TPSA) is 204 Å². The highest BCUT2D eigenvalue weighted by molar-refractivity contribution is 7.51. The van der Waals surface area contributed by atoms with Crippen molar-refractivity contribution in [1.29, 1.82) is 5.26 Å². The molecule has 1 fully saturated rings. The monoisotopic (exact) mass is 518 g/mol. The molecule has 1 saturated heterocycles. The Morgan fingerprint density at radius 1 is 1.33 bits per heavy atom. The van der Waals surface area contributed by atoms with Crippen molar-refractivity contribution in [1.82, 2.24) is 19.8 Å². The second-order valence-corrected chi connectivity index (χ2v) is 9.33. The number of rotatable bonds is 9. The highest BCUT2D eigenvalue weighted by Gasteiger charge is 2.58. The molecule has 4 rings (SSSR count). The van der Waals surface area contributed by atoms with Crippen LogP contribution < -0.4 is 15.5 Å². The van der Waals surface area contributed by atoms with Crippen molar-refractivity contribution >= 4 is 25.1 Å². The number of nitrogens with two attached hydrogens (primary N) is 1. The Kier molecular flexibility index (Phi) is 7.23. The number of nitrogens with zero attached hydrogens (tertiary/aromatic N) is 4. The molecule has 0 radical (unpaired) electrons. The lowest BCUT2D eigenvalue weighted by Gasteiger charge is -2.24. The average molecular weight is 518 g/mol. The fourth-order valence-electron chi connectivity index (χ4n) is 3.59. The third-order valence-corrected chi connectivity index (χ3v) is 6.68. The predicted molar refractivity (Wildman–Crippen MR) is 122 cm³/mol. The van der Waals surface area contributed by atoms with Gasteiger partial charge in [-0.1, -0.05) is 25.1 Å². The van der Waals surface area contributed by atoms with Crippen LogP contribution in [0.25, 0.3) is 5.52 Å². The van der Waals surface area contributed by atoms with Crippen LogP contribution in [0.5, 0.6) is 5.75 Å². The van der Waals surface area contributed by atoms with Crippen LogP contribution in [-0.4, -0.2) is 55.7 Å². The Labute approximate surface area is 204 Å². The minimum atomic E-state index is -4.35. The molecule has 3 heterocycles. The van der Waals surface area contributed by atoms with Crippen molar-refractivity contribution in [3.8, 4) is 11.8 Å². The number of nitriles is 1. The third-order valence-electron chi connectivity index (χ3n) is 5.42. The highest BCUT2D eigenvalue weighted by atomic mass is 31.2. The molecule has 190 valence electrons. The number of nitrogen functional groups attached to an aromatic ring is 1. The molecule has 14 nitrogen and oxygen atoms in total. The number of hydrogen-bond acceptors (Lipinski definition) is 12. The van der Waals surface area contributed by atoms with Gasteiger partial charge in [0.1, 0.15) is 42.0 Å². The van der Waals surface area contributed by atoms with Gasteiger partial charge in [-0.25, -0.2) is 14.1 Å². The molecular formula is C21H23N6O8P. The van der Waals surface area contributed by atoms with Crippen LogP contribution in [0.1, 0.15) is 19.0 Å². The Balaban J connectivity index is 1.57. The summed E-state index contributed by atoms with van der Waals surface area (Å²) in [6, 6.07) is 12.8. The van der Waals surface area contributed by atoms with E-state index < -0.39 is 44.2 Å².